The van der Waals surface area contributed by atoms with Gasteiger partial charge in [0.05, 0.1) is 6.54 Å². The molecule has 3 heterocycles. The molecule has 0 radical (unpaired) electrons. The average Bonchev–Trinajstić information content (AvgIpc) is 3.40. The number of anilines is 1. The predicted molar refractivity (Wildman–Crippen MR) is 132 cm³/mol. The minimum absolute atomic E-state index is 0.202. The highest BCUT2D eigenvalue weighted by molar-refractivity contribution is 5.49. The summed E-state index contributed by atoms with van der Waals surface area (Å²) in [6.07, 6.45) is -0.522. The Kier molecular flexibility index (Phi) is 6.80. The van der Waals surface area contributed by atoms with Crippen molar-refractivity contribution in [2.24, 2.45) is 5.92 Å². The number of alkyl halides is 3. The molecule has 0 spiro atoms. The third-order valence-corrected chi connectivity index (χ3v) is 6.80. The van der Waals surface area contributed by atoms with Gasteiger partial charge < -0.3 is 29.2 Å². The number of rotatable bonds is 8. The van der Waals surface area contributed by atoms with E-state index < -0.39 is 16.9 Å². The molecule has 0 unspecified atom stereocenters. The summed E-state index contributed by atoms with van der Waals surface area (Å²) in [7, 11) is 0. The van der Waals surface area contributed by atoms with Gasteiger partial charge in [-0.3, -0.25) is 4.57 Å². The number of aromatic nitrogens is 2. The zero-order chi connectivity index (χ0) is 26.9. The van der Waals surface area contributed by atoms with E-state index in [1.54, 1.807) is 16.7 Å². The molecule has 5 rings (SSSR count). The van der Waals surface area contributed by atoms with Crippen molar-refractivity contribution in [2.45, 2.75) is 44.7 Å². The second-order valence-electron chi connectivity index (χ2n) is 9.93. The van der Waals surface area contributed by atoms with Gasteiger partial charge in [0.15, 0.2) is 5.60 Å². The molecular weight excluding hydrogens is 505 g/mol. The molecule has 1 fully saturated rings. The van der Waals surface area contributed by atoms with Crippen LogP contribution in [0.15, 0.2) is 54.7 Å². The third-order valence-electron chi connectivity index (χ3n) is 6.80. The number of nitrogens with zero attached hydrogens (tertiary/aromatic N) is 4. The minimum atomic E-state index is -4.68. The first kappa shape index (κ1) is 25.7. The lowest BCUT2D eigenvalue weighted by Gasteiger charge is -2.34. The first-order chi connectivity index (χ1) is 18.1. The van der Waals surface area contributed by atoms with Crippen LogP contribution in [0.5, 0.6) is 17.5 Å². The quantitative estimate of drug-likeness (QED) is 0.284. The Balaban J connectivity index is 1.07. The van der Waals surface area contributed by atoms with Gasteiger partial charge >= 0.3 is 18.2 Å². The van der Waals surface area contributed by atoms with E-state index in [2.05, 4.69) is 14.6 Å². The molecule has 2 aliphatic rings. The summed E-state index contributed by atoms with van der Waals surface area (Å²) in [6.45, 7) is 4.32. The normalized spacial score (nSPS) is 19.6. The number of halogens is 3. The molecule has 1 saturated heterocycles. The summed E-state index contributed by atoms with van der Waals surface area (Å²) in [5.41, 5.74) is 1.42. The van der Waals surface area contributed by atoms with Crippen molar-refractivity contribution >= 4 is 11.5 Å². The molecule has 2 aromatic carbocycles. The summed E-state index contributed by atoms with van der Waals surface area (Å²) in [6, 6.07) is 14.2. The maximum atomic E-state index is 12.3. The van der Waals surface area contributed by atoms with E-state index in [0.717, 1.165) is 43.6 Å². The third kappa shape index (κ3) is 6.12. The number of hydrogen-bond donors (Lipinski definition) is 0. The molecule has 0 bridgehead atoms. The van der Waals surface area contributed by atoms with Gasteiger partial charge in [0.2, 0.25) is 0 Å². The number of nitro groups is 1. The van der Waals surface area contributed by atoms with Crippen LogP contribution in [-0.2, 0) is 13.0 Å². The monoisotopic (exact) mass is 532 g/mol. The molecule has 1 aromatic heterocycles. The summed E-state index contributed by atoms with van der Waals surface area (Å²) >= 11 is 0. The smallest absolute Gasteiger partial charge is 0.489 e. The van der Waals surface area contributed by atoms with Crippen LogP contribution >= 0.6 is 0 Å². The van der Waals surface area contributed by atoms with Crippen LogP contribution in [-0.4, -0.2) is 46.1 Å². The fourth-order valence-corrected chi connectivity index (χ4v) is 4.90. The van der Waals surface area contributed by atoms with E-state index in [0.29, 0.717) is 18.2 Å². The van der Waals surface area contributed by atoms with Gasteiger partial charge in [-0.2, -0.15) is 0 Å². The van der Waals surface area contributed by atoms with E-state index in [-0.39, 0.29) is 24.2 Å². The second kappa shape index (κ2) is 10.1. The van der Waals surface area contributed by atoms with Crippen molar-refractivity contribution in [2.75, 3.05) is 24.6 Å². The molecule has 202 valence electrons. The Hall–Kier alpha value is -3.96. The highest BCUT2D eigenvalue weighted by Gasteiger charge is 2.41. The Bertz CT molecular complexity index is 1250. The number of ether oxygens (including phenoxy) is 3. The molecular formula is C26H27F3N4O5. The van der Waals surface area contributed by atoms with Crippen molar-refractivity contribution in [3.63, 3.8) is 0 Å². The predicted octanol–water partition coefficient (Wildman–Crippen LogP) is 5.38. The second-order valence-corrected chi connectivity index (χ2v) is 9.93. The fraction of sp³-hybridized carbons (Fsp3) is 0.423. The van der Waals surface area contributed by atoms with Crippen molar-refractivity contribution in [1.29, 1.82) is 0 Å². The molecule has 0 aliphatic carbocycles. The lowest BCUT2D eigenvalue weighted by Crippen LogP contribution is -2.38. The van der Waals surface area contributed by atoms with E-state index in [1.807, 2.05) is 31.2 Å². The van der Waals surface area contributed by atoms with Crippen LogP contribution in [0.4, 0.5) is 24.7 Å². The number of fused-ring (bicyclic) bond motifs is 1. The SMILES string of the molecule is C[C@@]1(COc2ccc(N3CCC(Cc4ccc(OC(F)(F)F)cc4)CC3)cc2)Cn2cc([N+](=O)[O-])nc2O1. The minimum Gasteiger partial charge on any atom is -0.489 e. The lowest BCUT2D eigenvalue weighted by atomic mass is 9.90. The van der Waals surface area contributed by atoms with Gasteiger partial charge in [-0.1, -0.05) is 12.1 Å². The van der Waals surface area contributed by atoms with E-state index >= 15 is 0 Å². The van der Waals surface area contributed by atoms with Crippen molar-refractivity contribution in [3.8, 4) is 17.5 Å². The topological polar surface area (TPSA) is 91.9 Å². The van der Waals surface area contributed by atoms with Gasteiger partial charge in [0.25, 0.3) is 0 Å². The van der Waals surface area contributed by atoms with Crippen molar-refractivity contribution < 1.29 is 32.3 Å². The van der Waals surface area contributed by atoms with Crippen LogP contribution < -0.4 is 19.1 Å². The largest absolute Gasteiger partial charge is 0.573 e. The molecule has 9 nitrogen and oxygen atoms in total. The summed E-state index contributed by atoms with van der Waals surface area (Å²) in [5, 5.41) is 10.9. The van der Waals surface area contributed by atoms with Crippen molar-refractivity contribution in [1.82, 2.24) is 9.55 Å². The highest BCUT2D eigenvalue weighted by Crippen LogP contribution is 2.32. The summed E-state index contributed by atoms with van der Waals surface area (Å²) in [5.74, 6) is 0.719. The zero-order valence-corrected chi connectivity index (χ0v) is 20.7. The standard InChI is InChI=1S/C26H27F3N4O5/c1-25(16-32-15-23(33(34)35)30-24(32)38-25)17-36-21-8-4-20(5-9-21)31-12-10-19(11-13-31)14-18-2-6-22(7-3-18)37-26(27,28)29/h2-9,15,19H,10-14,16-17H2,1H3/t25-/m0/s1. The van der Waals surface area contributed by atoms with Gasteiger partial charge in [-0.05, 0) is 79.0 Å². The van der Waals surface area contributed by atoms with Crippen LogP contribution in [0.25, 0.3) is 0 Å². The molecule has 2 aliphatic heterocycles. The molecule has 38 heavy (non-hydrogen) atoms. The molecule has 3 aromatic rings. The number of hydrogen-bond acceptors (Lipinski definition) is 7. The number of imidazole rings is 1. The first-order valence-corrected chi connectivity index (χ1v) is 12.3. The Labute approximate surface area is 216 Å². The summed E-state index contributed by atoms with van der Waals surface area (Å²) in [4.78, 5) is 16.5. The maximum Gasteiger partial charge on any atom is 0.573 e. The van der Waals surface area contributed by atoms with Crippen LogP contribution in [0.2, 0.25) is 0 Å². The van der Waals surface area contributed by atoms with E-state index in [4.69, 9.17) is 9.47 Å². The molecule has 0 saturated carbocycles. The van der Waals surface area contributed by atoms with Crippen molar-refractivity contribution in [3.05, 3.63) is 70.4 Å². The Morgan fingerprint density at radius 2 is 1.76 bits per heavy atom. The maximum absolute atomic E-state index is 12.3. The van der Waals surface area contributed by atoms with E-state index in [1.165, 1.54) is 18.3 Å². The summed E-state index contributed by atoms with van der Waals surface area (Å²) < 4.78 is 54.3. The highest BCUT2D eigenvalue weighted by atomic mass is 19.4. The van der Waals surface area contributed by atoms with Gasteiger partial charge in [0, 0.05) is 23.8 Å². The number of benzene rings is 2. The van der Waals surface area contributed by atoms with Crippen LogP contribution in [0.1, 0.15) is 25.3 Å². The van der Waals surface area contributed by atoms with Gasteiger partial charge in [-0.25, -0.2) is 0 Å². The lowest BCUT2D eigenvalue weighted by molar-refractivity contribution is -0.389. The fourth-order valence-electron chi connectivity index (χ4n) is 4.90. The van der Waals surface area contributed by atoms with Gasteiger partial charge in [-0.15, -0.1) is 13.2 Å². The first-order valence-electron chi connectivity index (χ1n) is 12.3. The zero-order valence-electron chi connectivity index (χ0n) is 20.7. The average molecular weight is 533 g/mol. The van der Waals surface area contributed by atoms with Gasteiger partial charge in [0.1, 0.15) is 24.3 Å². The molecule has 1 atom stereocenters. The van der Waals surface area contributed by atoms with E-state index in [9.17, 15) is 23.3 Å². The molecule has 12 heteroatoms. The van der Waals surface area contributed by atoms with Crippen LogP contribution in [0.3, 0.4) is 0 Å². The number of piperidine rings is 1. The Morgan fingerprint density at radius 1 is 1.11 bits per heavy atom. The van der Waals surface area contributed by atoms with Crippen LogP contribution in [0, 0.1) is 16.0 Å². The molecule has 0 N–H and O–H groups in total. The molecule has 0 amide bonds. The Morgan fingerprint density at radius 3 is 2.37 bits per heavy atom.